The third kappa shape index (κ3) is 6.47. The van der Waals surface area contributed by atoms with Gasteiger partial charge in [-0.1, -0.05) is 20.4 Å². The van der Waals surface area contributed by atoms with Crippen LogP contribution in [0.5, 0.6) is 0 Å². The van der Waals surface area contributed by atoms with Crippen LogP contribution in [-0.2, 0) is 37.5 Å². The Morgan fingerprint density at radius 1 is 1.41 bits per heavy atom. The zero-order chi connectivity index (χ0) is 12.6. The molecule has 3 nitrogen and oxygen atoms in total. The molecular weight excluding hydrogens is 289 g/mol. The van der Waals surface area contributed by atoms with E-state index in [2.05, 4.69) is 6.58 Å². The van der Waals surface area contributed by atoms with E-state index in [-0.39, 0.29) is 38.6 Å². The summed E-state index contributed by atoms with van der Waals surface area (Å²) in [5.41, 5.74) is 1.06. The average molecular weight is 314 g/mol. The summed E-state index contributed by atoms with van der Waals surface area (Å²) < 4.78 is 0. The number of hydrogen-bond acceptors (Lipinski definition) is 2. The van der Waals surface area contributed by atoms with E-state index in [1.54, 1.807) is 6.54 Å². The minimum absolute atomic E-state index is 0. The zero-order valence-electron chi connectivity index (χ0n) is 11.7. The molecule has 0 aromatic heterocycles. The smallest absolute Gasteiger partial charge is 0.103 e. The molecule has 0 bridgehead atoms. The van der Waals surface area contributed by atoms with Crippen molar-refractivity contribution in [2.45, 2.75) is 40.5 Å². The molecule has 1 radical (unpaired) electrons. The van der Waals surface area contributed by atoms with Gasteiger partial charge in [-0.25, -0.2) is 6.54 Å². The van der Waals surface area contributed by atoms with Crippen molar-refractivity contribution in [2.75, 3.05) is 19.6 Å². The van der Waals surface area contributed by atoms with Gasteiger partial charge in [0.05, 0.1) is 0 Å². The summed E-state index contributed by atoms with van der Waals surface area (Å²) >= 11 is 0. The second-order valence-electron chi connectivity index (χ2n) is 3.50. The number of likely N-dealkylation sites (N-methyl/N-ethyl adjacent to an activating group) is 1. The fourth-order valence-corrected chi connectivity index (χ4v) is 1.66. The Labute approximate surface area is 131 Å². The summed E-state index contributed by atoms with van der Waals surface area (Å²) in [6.07, 6.45) is 2.13. The number of carbonyl (C=O) groups is 1. The van der Waals surface area contributed by atoms with Crippen LogP contribution in [0.4, 0.5) is 0 Å². The van der Waals surface area contributed by atoms with Crippen LogP contribution in [0.3, 0.4) is 0 Å². The first-order valence-corrected chi connectivity index (χ1v) is 6.27. The molecule has 0 N–H and O–H groups in total. The summed E-state index contributed by atoms with van der Waals surface area (Å²) in [7, 11) is 0. The van der Waals surface area contributed by atoms with Gasteiger partial charge < -0.3 is 14.6 Å². The molecule has 4 heteroatoms. The van der Waals surface area contributed by atoms with E-state index >= 15 is 0 Å². The van der Waals surface area contributed by atoms with Crippen LogP contribution in [0.2, 0.25) is 0 Å². The first-order chi connectivity index (χ1) is 7.69. The molecule has 0 spiro atoms. The van der Waals surface area contributed by atoms with Crippen molar-refractivity contribution in [3.05, 3.63) is 18.8 Å². The third-order valence-corrected chi connectivity index (χ3v) is 2.61. The van der Waals surface area contributed by atoms with Gasteiger partial charge in [0, 0.05) is 45.8 Å². The number of amides is 1. The van der Waals surface area contributed by atoms with Crippen LogP contribution in [0.25, 0.3) is 0 Å². The molecule has 0 unspecified atom stereocenters. The molecule has 0 saturated carbocycles. The average Bonchev–Trinajstić information content (AvgIpc) is 2.69. The molecule has 0 aromatic rings. The fourth-order valence-electron chi connectivity index (χ4n) is 1.66. The first kappa shape index (κ1) is 19.3. The minimum Gasteiger partial charge on any atom is -0.502 e. The van der Waals surface area contributed by atoms with Crippen LogP contribution in [-0.4, -0.2) is 35.3 Å². The molecular formula is C13H25N2OY-. The van der Waals surface area contributed by atoms with Crippen molar-refractivity contribution < 1.29 is 37.5 Å². The van der Waals surface area contributed by atoms with Crippen molar-refractivity contribution in [1.82, 2.24) is 9.80 Å². The summed E-state index contributed by atoms with van der Waals surface area (Å²) in [5, 5.41) is 0. The van der Waals surface area contributed by atoms with Gasteiger partial charge in [0.2, 0.25) is 0 Å². The van der Waals surface area contributed by atoms with E-state index in [1.807, 2.05) is 37.5 Å². The summed E-state index contributed by atoms with van der Waals surface area (Å²) in [5.74, 6) is 0.0954. The molecule has 1 rings (SSSR count). The second kappa shape index (κ2) is 11.1. The summed E-state index contributed by atoms with van der Waals surface area (Å²) in [6, 6.07) is 0. The molecule has 0 aromatic carbocycles. The van der Waals surface area contributed by atoms with Crippen LogP contribution < -0.4 is 0 Å². The first-order valence-electron chi connectivity index (χ1n) is 6.27. The predicted octanol–water partition coefficient (Wildman–Crippen LogP) is 2.65. The Kier molecular flexibility index (Phi) is 12.6. The van der Waals surface area contributed by atoms with Gasteiger partial charge in [-0.3, -0.25) is 0 Å². The molecule has 1 amide bonds. The third-order valence-electron chi connectivity index (χ3n) is 2.61. The van der Waals surface area contributed by atoms with Gasteiger partial charge in [0.1, 0.15) is 5.91 Å². The summed E-state index contributed by atoms with van der Waals surface area (Å²) in [6.45, 7) is 16.1. The molecule has 1 aliphatic rings. The van der Waals surface area contributed by atoms with E-state index < -0.39 is 0 Å². The summed E-state index contributed by atoms with van der Waals surface area (Å²) in [4.78, 5) is 15.5. The molecule has 1 saturated heterocycles. The molecule has 17 heavy (non-hydrogen) atoms. The van der Waals surface area contributed by atoms with E-state index in [0.717, 1.165) is 38.2 Å². The van der Waals surface area contributed by atoms with Gasteiger partial charge in [0.25, 0.3) is 0 Å². The molecule has 97 valence electrons. The standard InChI is InChI=1S/C11H19N2O.C2H6.Y/c1-4-12(5-2)11(14)9-13-8-6-7-10(13)3;1-2;/h9H,3-8H2,1-2H3;1-2H3;/q-1;;. The second-order valence-corrected chi connectivity index (χ2v) is 3.50. The molecule has 1 aliphatic heterocycles. The van der Waals surface area contributed by atoms with Crippen molar-refractivity contribution in [3.63, 3.8) is 0 Å². The number of carbonyl (C=O) groups excluding carboxylic acids is 1. The van der Waals surface area contributed by atoms with Gasteiger partial charge in [-0.2, -0.15) is 0 Å². The Morgan fingerprint density at radius 2 is 1.94 bits per heavy atom. The van der Waals surface area contributed by atoms with E-state index in [4.69, 9.17) is 0 Å². The van der Waals surface area contributed by atoms with Crippen LogP contribution >= 0.6 is 0 Å². The predicted molar refractivity (Wildman–Crippen MR) is 68.7 cm³/mol. The van der Waals surface area contributed by atoms with E-state index in [0.29, 0.717) is 0 Å². The number of nitrogens with zero attached hydrogens (tertiary/aromatic N) is 2. The van der Waals surface area contributed by atoms with Gasteiger partial charge in [0.15, 0.2) is 0 Å². The van der Waals surface area contributed by atoms with Crippen LogP contribution in [0, 0.1) is 6.54 Å². The molecule has 1 heterocycles. The van der Waals surface area contributed by atoms with Crippen molar-refractivity contribution in [3.8, 4) is 0 Å². The van der Waals surface area contributed by atoms with Gasteiger partial charge >= 0.3 is 0 Å². The normalized spacial score (nSPS) is 13.4. The largest absolute Gasteiger partial charge is 0.502 e. The minimum atomic E-state index is 0. The SMILES string of the molecule is C=C1CCCN1[CH-]C(=O)N(CC)CC.CC.[Y]. The van der Waals surface area contributed by atoms with Gasteiger partial charge in [-0.15, -0.1) is 0 Å². The Bertz CT molecular complexity index is 227. The topological polar surface area (TPSA) is 23.6 Å². The molecule has 0 aliphatic carbocycles. The maximum Gasteiger partial charge on any atom is 0.103 e. The maximum atomic E-state index is 11.7. The quantitative estimate of drug-likeness (QED) is 0.745. The van der Waals surface area contributed by atoms with Crippen LogP contribution in [0.15, 0.2) is 12.3 Å². The van der Waals surface area contributed by atoms with Crippen molar-refractivity contribution in [2.24, 2.45) is 0 Å². The number of hydrogen-bond donors (Lipinski definition) is 0. The number of allylic oxidation sites excluding steroid dienone is 1. The Balaban J connectivity index is 0. The zero-order valence-corrected chi connectivity index (χ0v) is 14.5. The fraction of sp³-hybridized carbons (Fsp3) is 0.692. The Hall–Kier alpha value is -0.0161. The van der Waals surface area contributed by atoms with Crippen molar-refractivity contribution in [1.29, 1.82) is 0 Å². The maximum absolute atomic E-state index is 11.7. The van der Waals surface area contributed by atoms with Gasteiger partial charge in [-0.05, 0) is 38.9 Å². The number of rotatable bonds is 4. The molecule has 0 atom stereocenters. The van der Waals surface area contributed by atoms with Crippen molar-refractivity contribution >= 4 is 5.91 Å². The Morgan fingerprint density at radius 3 is 2.29 bits per heavy atom. The van der Waals surface area contributed by atoms with E-state index in [1.165, 1.54) is 0 Å². The molecule has 1 fully saturated rings. The van der Waals surface area contributed by atoms with Crippen LogP contribution in [0.1, 0.15) is 40.5 Å². The monoisotopic (exact) mass is 314 g/mol. The number of likely N-dealkylation sites (tertiary alicyclic amines) is 1. The van der Waals surface area contributed by atoms with E-state index in [9.17, 15) is 4.79 Å².